The zero-order chi connectivity index (χ0) is 26.9. The van der Waals surface area contributed by atoms with E-state index in [1.807, 2.05) is 12.1 Å². The van der Waals surface area contributed by atoms with Gasteiger partial charge in [0.1, 0.15) is 23.8 Å². The first-order valence-corrected chi connectivity index (χ1v) is 13.2. The minimum absolute atomic E-state index is 0.0768. The number of ether oxygens (including phenoxy) is 1. The van der Waals surface area contributed by atoms with Crippen molar-refractivity contribution < 1.29 is 24.0 Å². The molecule has 0 saturated heterocycles. The summed E-state index contributed by atoms with van der Waals surface area (Å²) in [6.07, 6.45) is 6.20. The van der Waals surface area contributed by atoms with E-state index in [4.69, 9.17) is 37.6 Å². The van der Waals surface area contributed by atoms with Crippen molar-refractivity contribution in [2.75, 3.05) is 4.90 Å². The Bertz CT molecular complexity index is 1640. The molecule has 2 saturated carbocycles. The molecule has 0 unspecified atom stereocenters. The number of aromatic nitrogens is 3. The number of hydrogen-bond acceptors (Lipinski definition) is 7. The molecular weight excluding hydrogens is 543 g/mol. The molecule has 0 radical (unpaired) electrons. The van der Waals surface area contributed by atoms with Crippen LogP contribution in [0.25, 0.3) is 11.3 Å². The topological polar surface area (TPSA) is 119 Å². The van der Waals surface area contributed by atoms with E-state index in [2.05, 4.69) is 15.1 Å². The molecule has 0 atom stereocenters. The third kappa shape index (κ3) is 3.87. The number of carbonyl (C=O) groups excluding carboxylic acids is 1. The molecule has 4 aromatic rings. The molecule has 3 aliphatic rings. The second-order valence-electron chi connectivity index (χ2n) is 10.0. The number of nitrogens with zero attached hydrogens (tertiary/aromatic N) is 4. The van der Waals surface area contributed by atoms with Crippen LogP contribution >= 0.6 is 23.2 Å². The molecule has 9 nitrogen and oxygen atoms in total. The normalized spacial score (nSPS) is 17.0. The zero-order valence-electron chi connectivity index (χ0n) is 20.4. The van der Waals surface area contributed by atoms with Crippen LogP contribution in [0, 0.1) is 0 Å². The Balaban J connectivity index is 1.21. The van der Waals surface area contributed by atoms with Gasteiger partial charge in [-0.15, -0.1) is 0 Å². The fourth-order valence-corrected chi connectivity index (χ4v) is 5.81. The molecule has 2 fully saturated rings. The highest BCUT2D eigenvalue weighted by Gasteiger charge is 2.59. The minimum Gasteiger partial charge on any atom is -0.489 e. The predicted molar refractivity (Wildman–Crippen MR) is 142 cm³/mol. The zero-order valence-corrected chi connectivity index (χ0v) is 21.9. The SMILES string of the molecule is O=C(O)c1ncc(N2C(=O)C3(CC3)c3cc(OCc4c(-c5c(Cl)cccc5Cl)noc4C4CC4)ccc32)cn1. The van der Waals surface area contributed by atoms with E-state index in [0.29, 0.717) is 44.3 Å². The smallest absolute Gasteiger partial charge is 0.373 e. The van der Waals surface area contributed by atoms with Crippen LogP contribution in [0.2, 0.25) is 10.0 Å². The molecule has 1 amide bonds. The monoisotopic (exact) mass is 562 g/mol. The fraction of sp³-hybridized carbons (Fsp3) is 0.250. The Hall–Kier alpha value is -3.95. The quantitative estimate of drug-likeness (QED) is 0.278. The molecule has 1 aliphatic heterocycles. The predicted octanol–water partition coefficient (Wildman–Crippen LogP) is 6.30. The van der Waals surface area contributed by atoms with Gasteiger partial charge in [-0.3, -0.25) is 9.69 Å². The van der Waals surface area contributed by atoms with Gasteiger partial charge in [-0.2, -0.15) is 0 Å². The van der Waals surface area contributed by atoms with E-state index in [-0.39, 0.29) is 18.3 Å². The Morgan fingerprint density at radius 1 is 1.13 bits per heavy atom. The van der Waals surface area contributed by atoms with Crippen molar-refractivity contribution >= 4 is 46.5 Å². The van der Waals surface area contributed by atoms with E-state index >= 15 is 0 Å². The average molecular weight is 563 g/mol. The van der Waals surface area contributed by atoms with Gasteiger partial charge in [-0.1, -0.05) is 34.4 Å². The number of fused-ring (bicyclic) bond motifs is 2. The highest BCUT2D eigenvalue weighted by Crippen LogP contribution is 2.59. The summed E-state index contributed by atoms with van der Waals surface area (Å²) in [6, 6.07) is 10.8. The van der Waals surface area contributed by atoms with Crippen LogP contribution in [0.1, 0.15) is 59.1 Å². The Morgan fingerprint density at radius 2 is 1.85 bits per heavy atom. The highest BCUT2D eigenvalue weighted by molar-refractivity contribution is 6.39. The van der Waals surface area contributed by atoms with Crippen molar-refractivity contribution in [2.24, 2.45) is 0 Å². The van der Waals surface area contributed by atoms with Gasteiger partial charge >= 0.3 is 5.97 Å². The lowest BCUT2D eigenvalue weighted by atomic mass is 9.98. The van der Waals surface area contributed by atoms with Crippen LogP contribution in [0.15, 0.2) is 53.3 Å². The Morgan fingerprint density at radius 3 is 2.49 bits per heavy atom. The number of halogens is 2. The first kappa shape index (κ1) is 24.1. The van der Waals surface area contributed by atoms with Crippen LogP contribution in [0.5, 0.6) is 5.75 Å². The van der Waals surface area contributed by atoms with Crippen molar-refractivity contribution in [2.45, 2.75) is 43.6 Å². The highest BCUT2D eigenvalue weighted by atomic mass is 35.5. The summed E-state index contributed by atoms with van der Waals surface area (Å²) in [5, 5.41) is 14.4. The Labute approximate surface area is 232 Å². The largest absolute Gasteiger partial charge is 0.489 e. The van der Waals surface area contributed by atoms with Gasteiger partial charge in [0.2, 0.25) is 11.7 Å². The molecule has 7 rings (SSSR count). The number of carbonyl (C=O) groups is 2. The molecule has 3 heterocycles. The molecule has 2 aliphatic carbocycles. The van der Waals surface area contributed by atoms with Gasteiger partial charge in [-0.05, 0) is 61.6 Å². The molecular formula is C28H20Cl2N4O5. The number of anilines is 2. The second kappa shape index (κ2) is 8.79. The van der Waals surface area contributed by atoms with Crippen LogP contribution in [-0.2, 0) is 16.8 Å². The number of carboxylic acids is 1. The van der Waals surface area contributed by atoms with Crippen molar-refractivity contribution in [1.29, 1.82) is 0 Å². The van der Waals surface area contributed by atoms with Gasteiger partial charge in [0, 0.05) is 11.5 Å². The fourth-order valence-electron chi connectivity index (χ4n) is 5.24. The van der Waals surface area contributed by atoms with Crippen molar-refractivity contribution in [1.82, 2.24) is 15.1 Å². The molecule has 2 aromatic carbocycles. The van der Waals surface area contributed by atoms with Gasteiger partial charge in [0.25, 0.3) is 0 Å². The summed E-state index contributed by atoms with van der Waals surface area (Å²) in [7, 11) is 0. The number of amides is 1. The average Bonchev–Trinajstić information content (AvgIpc) is 3.85. The summed E-state index contributed by atoms with van der Waals surface area (Å²) in [4.78, 5) is 34.0. The molecule has 2 aromatic heterocycles. The maximum atomic E-state index is 13.5. The number of aromatic carboxylic acids is 1. The van der Waals surface area contributed by atoms with Crippen LogP contribution in [0.3, 0.4) is 0 Å². The first-order chi connectivity index (χ1) is 18.9. The maximum Gasteiger partial charge on any atom is 0.373 e. The van der Waals surface area contributed by atoms with E-state index in [1.54, 1.807) is 29.2 Å². The van der Waals surface area contributed by atoms with E-state index in [9.17, 15) is 9.59 Å². The molecule has 1 spiro atoms. The summed E-state index contributed by atoms with van der Waals surface area (Å²) < 4.78 is 12.0. The second-order valence-corrected chi connectivity index (χ2v) is 10.8. The minimum atomic E-state index is -1.23. The van der Waals surface area contributed by atoms with Crippen LogP contribution in [-0.4, -0.2) is 32.1 Å². The van der Waals surface area contributed by atoms with E-state index in [0.717, 1.165) is 42.6 Å². The standard InChI is InChI=1S/C28H20Cl2N4O5/c29-19-2-1-3-20(30)22(19)23-17(24(39-33-23)14-4-5-14)13-38-16-6-7-21-18(10-16)28(8-9-28)27(37)34(21)15-11-31-25(26(35)36)32-12-15/h1-3,6-7,10-12,14H,4-5,8-9,13H2,(H,35,36). The van der Waals surface area contributed by atoms with Crippen molar-refractivity contribution in [3.63, 3.8) is 0 Å². The number of rotatable bonds is 7. The number of benzene rings is 2. The van der Waals surface area contributed by atoms with E-state index < -0.39 is 11.4 Å². The summed E-state index contributed by atoms with van der Waals surface area (Å²) in [5.74, 6) is 0.0483. The van der Waals surface area contributed by atoms with E-state index in [1.165, 1.54) is 12.4 Å². The molecule has 39 heavy (non-hydrogen) atoms. The lowest BCUT2D eigenvalue weighted by Gasteiger charge is -2.17. The molecule has 11 heteroatoms. The van der Waals surface area contributed by atoms with Crippen molar-refractivity contribution in [3.8, 4) is 17.0 Å². The van der Waals surface area contributed by atoms with Crippen LogP contribution < -0.4 is 9.64 Å². The third-order valence-corrected chi connectivity index (χ3v) is 8.15. The maximum absolute atomic E-state index is 13.5. The number of carboxylic acid groups (broad SMARTS) is 1. The molecule has 1 N–H and O–H groups in total. The van der Waals surface area contributed by atoms with Gasteiger partial charge in [-0.25, -0.2) is 14.8 Å². The molecule has 196 valence electrons. The Kier molecular flexibility index (Phi) is 5.43. The third-order valence-electron chi connectivity index (χ3n) is 7.52. The van der Waals surface area contributed by atoms with Crippen molar-refractivity contribution in [3.05, 3.63) is 81.5 Å². The number of hydrogen-bond donors (Lipinski definition) is 1. The van der Waals surface area contributed by atoms with Gasteiger partial charge < -0.3 is 14.4 Å². The summed E-state index contributed by atoms with van der Waals surface area (Å²) >= 11 is 13.0. The lowest BCUT2D eigenvalue weighted by Crippen LogP contribution is -2.28. The first-order valence-electron chi connectivity index (χ1n) is 12.5. The van der Waals surface area contributed by atoms with Gasteiger partial charge in [0.15, 0.2) is 0 Å². The van der Waals surface area contributed by atoms with Crippen LogP contribution in [0.4, 0.5) is 11.4 Å². The summed E-state index contributed by atoms with van der Waals surface area (Å²) in [6.45, 7) is 0.195. The summed E-state index contributed by atoms with van der Waals surface area (Å²) in [5.41, 5.74) is 3.37. The molecule has 0 bridgehead atoms. The van der Waals surface area contributed by atoms with Gasteiger partial charge in [0.05, 0.1) is 44.8 Å². The lowest BCUT2D eigenvalue weighted by molar-refractivity contribution is -0.119.